The molecule has 146 valence electrons. The van der Waals surface area contributed by atoms with Gasteiger partial charge in [-0.25, -0.2) is 9.37 Å². The minimum absolute atomic E-state index is 0.0342. The fraction of sp³-hybridized carbons (Fsp3) is 0.524. The lowest BCUT2D eigenvalue weighted by Crippen LogP contribution is -2.33. The first-order valence-corrected chi connectivity index (χ1v) is 10.5. The van der Waals surface area contributed by atoms with Crippen molar-refractivity contribution in [3.63, 3.8) is 0 Å². The summed E-state index contributed by atoms with van der Waals surface area (Å²) in [5.74, 6) is -0.307. The average molecular weight is 390 g/mol. The Hall–Kier alpha value is -1.82. The van der Waals surface area contributed by atoms with Crippen LogP contribution in [-0.2, 0) is 4.79 Å². The van der Waals surface area contributed by atoms with Crippen LogP contribution in [0.2, 0.25) is 0 Å². The van der Waals surface area contributed by atoms with E-state index >= 15 is 0 Å². The molecule has 27 heavy (non-hydrogen) atoms. The number of benzene rings is 1. The molecule has 0 radical (unpaired) electrons. The van der Waals surface area contributed by atoms with Crippen LogP contribution >= 0.6 is 11.8 Å². The number of aromatic nitrogens is 2. The monoisotopic (exact) mass is 389 g/mol. The molecule has 1 saturated carbocycles. The highest BCUT2D eigenvalue weighted by atomic mass is 32.2. The van der Waals surface area contributed by atoms with Crippen LogP contribution in [0.1, 0.15) is 68.6 Å². The zero-order valence-corrected chi connectivity index (χ0v) is 17.3. The van der Waals surface area contributed by atoms with Crippen molar-refractivity contribution in [1.82, 2.24) is 14.9 Å². The maximum absolute atomic E-state index is 13.1. The molecule has 1 heterocycles. The highest BCUT2D eigenvalue weighted by Gasteiger charge is 2.26. The van der Waals surface area contributed by atoms with E-state index in [2.05, 4.69) is 16.8 Å². The van der Waals surface area contributed by atoms with Gasteiger partial charge in [0.25, 0.3) is 0 Å². The summed E-state index contributed by atoms with van der Waals surface area (Å²) >= 11 is 1.52. The molecule has 2 atom stereocenters. The number of imidazole rings is 1. The molecular weight excluding hydrogens is 361 g/mol. The Morgan fingerprint density at radius 3 is 2.48 bits per heavy atom. The van der Waals surface area contributed by atoms with E-state index in [0.717, 1.165) is 16.4 Å². The topological polar surface area (TPSA) is 46.9 Å². The van der Waals surface area contributed by atoms with E-state index in [4.69, 9.17) is 4.98 Å². The standard InChI is InChI=1S/C21H28FN3OS/c1-13-15(3)25(19-7-5-6-8-19)21(24-13)27-16(4)20(26)23-14(2)17-9-11-18(22)12-10-17/h9-12,14,16,19H,5-8H2,1-4H3,(H,23,26)/t14-,16+/m0/s1. The third kappa shape index (κ3) is 4.54. The molecule has 0 saturated heterocycles. The second kappa shape index (κ2) is 8.46. The number of nitrogens with one attached hydrogen (secondary N) is 1. The van der Waals surface area contributed by atoms with E-state index in [1.807, 2.05) is 20.8 Å². The van der Waals surface area contributed by atoms with Crippen LogP contribution in [0.5, 0.6) is 0 Å². The quantitative estimate of drug-likeness (QED) is 0.698. The predicted molar refractivity (Wildman–Crippen MR) is 107 cm³/mol. The van der Waals surface area contributed by atoms with Crippen LogP contribution in [0.15, 0.2) is 29.4 Å². The summed E-state index contributed by atoms with van der Waals surface area (Å²) in [6.07, 6.45) is 4.89. The Kier molecular flexibility index (Phi) is 6.25. The number of carbonyl (C=O) groups excluding carboxylic acids is 1. The molecule has 4 nitrogen and oxygen atoms in total. The number of halogens is 1. The van der Waals surface area contributed by atoms with Crippen molar-refractivity contribution in [3.8, 4) is 0 Å². The van der Waals surface area contributed by atoms with Gasteiger partial charge < -0.3 is 9.88 Å². The minimum Gasteiger partial charge on any atom is -0.349 e. The number of hydrogen-bond acceptors (Lipinski definition) is 3. The molecule has 1 aromatic carbocycles. The van der Waals surface area contributed by atoms with Crippen molar-refractivity contribution in [2.45, 2.75) is 75.9 Å². The molecule has 1 aliphatic rings. The molecule has 3 rings (SSSR count). The van der Waals surface area contributed by atoms with Gasteiger partial charge in [0, 0.05) is 11.7 Å². The van der Waals surface area contributed by atoms with Crippen LogP contribution < -0.4 is 5.32 Å². The number of carbonyl (C=O) groups is 1. The zero-order valence-electron chi connectivity index (χ0n) is 16.5. The minimum atomic E-state index is -0.273. The van der Waals surface area contributed by atoms with E-state index in [9.17, 15) is 9.18 Å². The average Bonchev–Trinajstić information content (AvgIpc) is 3.24. The summed E-state index contributed by atoms with van der Waals surface area (Å²) in [5, 5.41) is 3.71. The third-order valence-electron chi connectivity index (χ3n) is 5.42. The van der Waals surface area contributed by atoms with E-state index in [1.165, 1.54) is 55.3 Å². The number of hydrogen-bond donors (Lipinski definition) is 1. The van der Waals surface area contributed by atoms with Gasteiger partial charge in [-0.15, -0.1) is 0 Å². The molecule has 0 aliphatic heterocycles. The van der Waals surface area contributed by atoms with Gasteiger partial charge in [0.2, 0.25) is 5.91 Å². The lowest BCUT2D eigenvalue weighted by molar-refractivity contribution is -0.120. The Labute approximate surface area is 165 Å². The SMILES string of the molecule is Cc1nc(S[C@H](C)C(=O)N[C@@H](C)c2ccc(F)cc2)n(C2CCCC2)c1C. The largest absolute Gasteiger partial charge is 0.349 e. The Morgan fingerprint density at radius 1 is 1.22 bits per heavy atom. The molecule has 1 N–H and O–H groups in total. The second-order valence-electron chi connectivity index (χ2n) is 7.42. The van der Waals surface area contributed by atoms with Crippen molar-refractivity contribution in [1.29, 1.82) is 0 Å². The summed E-state index contributed by atoms with van der Waals surface area (Å²) in [5.41, 5.74) is 3.13. The second-order valence-corrected chi connectivity index (χ2v) is 8.72. The lowest BCUT2D eigenvalue weighted by Gasteiger charge is -2.20. The van der Waals surface area contributed by atoms with E-state index in [-0.39, 0.29) is 23.0 Å². The third-order valence-corrected chi connectivity index (χ3v) is 6.49. The first kappa shape index (κ1) is 19.9. The summed E-state index contributed by atoms with van der Waals surface area (Å²) in [4.78, 5) is 17.4. The fourth-order valence-electron chi connectivity index (χ4n) is 3.65. The summed E-state index contributed by atoms with van der Waals surface area (Å²) < 4.78 is 15.4. The molecule has 2 aromatic rings. The molecule has 0 unspecified atom stereocenters. The first-order valence-electron chi connectivity index (χ1n) is 9.64. The van der Waals surface area contributed by atoms with Crippen molar-refractivity contribution in [2.75, 3.05) is 0 Å². The molecule has 6 heteroatoms. The van der Waals surface area contributed by atoms with Gasteiger partial charge in [0.1, 0.15) is 5.82 Å². The van der Waals surface area contributed by atoms with Gasteiger partial charge in [0.15, 0.2) is 5.16 Å². The van der Waals surface area contributed by atoms with Crippen LogP contribution in [0.3, 0.4) is 0 Å². The van der Waals surface area contributed by atoms with Gasteiger partial charge in [-0.3, -0.25) is 4.79 Å². The predicted octanol–water partition coefficient (Wildman–Crippen LogP) is 5.11. The van der Waals surface area contributed by atoms with Crippen molar-refractivity contribution < 1.29 is 9.18 Å². The maximum Gasteiger partial charge on any atom is 0.233 e. The summed E-state index contributed by atoms with van der Waals surface area (Å²) in [6.45, 7) is 7.98. The number of amides is 1. The van der Waals surface area contributed by atoms with Gasteiger partial charge in [-0.1, -0.05) is 36.7 Å². The lowest BCUT2D eigenvalue weighted by atomic mass is 10.1. The summed E-state index contributed by atoms with van der Waals surface area (Å²) in [6, 6.07) is 6.58. The van der Waals surface area contributed by atoms with Crippen LogP contribution in [0.4, 0.5) is 4.39 Å². The van der Waals surface area contributed by atoms with Crippen LogP contribution in [-0.4, -0.2) is 20.7 Å². The Morgan fingerprint density at radius 2 is 1.85 bits per heavy atom. The van der Waals surface area contributed by atoms with Crippen LogP contribution in [0.25, 0.3) is 0 Å². The molecule has 0 spiro atoms. The van der Waals surface area contributed by atoms with Crippen molar-refractivity contribution in [2.24, 2.45) is 0 Å². The highest BCUT2D eigenvalue weighted by Crippen LogP contribution is 2.36. The number of aryl methyl sites for hydroxylation is 1. The van der Waals surface area contributed by atoms with Gasteiger partial charge in [0.05, 0.1) is 17.0 Å². The van der Waals surface area contributed by atoms with E-state index in [0.29, 0.717) is 6.04 Å². The molecular formula is C21H28FN3OS. The van der Waals surface area contributed by atoms with Crippen molar-refractivity contribution in [3.05, 3.63) is 47.0 Å². The smallest absolute Gasteiger partial charge is 0.233 e. The normalized spacial score (nSPS) is 17.1. The molecule has 1 fully saturated rings. The van der Waals surface area contributed by atoms with Gasteiger partial charge in [-0.2, -0.15) is 0 Å². The molecule has 1 aromatic heterocycles. The molecule has 0 bridgehead atoms. The van der Waals surface area contributed by atoms with Crippen LogP contribution in [0, 0.1) is 19.7 Å². The fourth-order valence-corrected chi connectivity index (χ4v) is 4.73. The molecule has 1 amide bonds. The zero-order chi connectivity index (χ0) is 19.6. The number of thioether (sulfide) groups is 1. The number of nitrogens with zero attached hydrogens (tertiary/aromatic N) is 2. The summed E-state index contributed by atoms with van der Waals surface area (Å²) in [7, 11) is 0. The van der Waals surface area contributed by atoms with E-state index in [1.54, 1.807) is 12.1 Å². The maximum atomic E-state index is 13.1. The molecule has 1 aliphatic carbocycles. The van der Waals surface area contributed by atoms with Gasteiger partial charge >= 0.3 is 0 Å². The van der Waals surface area contributed by atoms with Gasteiger partial charge in [-0.05, 0) is 58.2 Å². The highest BCUT2D eigenvalue weighted by molar-refractivity contribution is 8.00. The first-order chi connectivity index (χ1) is 12.9. The Bertz CT molecular complexity index is 797. The van der Waals surface area contributed by atoms with E-state index < -0.39 is 0 Å². The Balaban J connectivity index is 1.68. The van der Waals surface area contributed by atoms with Crippen molar-refractivity contribution >= 4 is 17.7 Å². The number of rotatable bonds is 6.